The molecule has 0 heterocycles. The third kappa shape index (κ3) is 12.0. The molecule has 0 saturated carbocycles. The van der Waals surface area contributed by atoms with Crippen molar-refractivity contribution in [2.45, 2.75) is 52.6 Å². The molecule has 1 rings (SSSR count). The van der Waals surface area contributed by atoms with Crippen molar-refractivity contribution in [1.82, 2.24) is 0 Å². The number of aliphatic hydroxyl groups excluding tert-OH is 2. The van der Waals surface area contributed by atoms with Gasteiger partial charge in [0, 0.05) is 0 Å². The molecule has 1 atom stereocenters. The first-order valence-corrected chi connectivity index (χ1v) is 10.9. The summed E-state index contributed by atoms with van der Waals surface area (Å²) in [6.45, 7) is 14.7. The van der Waals surface area contributed by atoms with Gasteiger partial charge in [-0.1, -0.05) is 58.9 Å². The van der Waals surface area contributed by atoms with Crippen LogP contribution < -0.4 is 0 Å². The van der Waals surface area contributed by atoms with Crippen LogP contribution in [0.25, 0.3) is 0 Å². The van der Waals surface area contributed by atoms with Gasteiger partial charge in [0.05, 0.1) is 59.5 Å². The zero-order valence-electron chi connectivity index (χ0n) is 19.5. The van der Waals surface area contributed by atoms with Crippen molar-refractivity contribution in [3.63, 3.8) is 0 Å². The van der Waals surface area contributed by atoms with Crippen LogP contribution in [-0.2, 0) is 24.4 Å². The first kappa shape index (κ1) is 27.0. The summed E-state index contributed by atoms with van der Waals surface area (Å²) in [6, 6.07) is 8.21. The molecule has 30 heavy (non-hydrogen) atoms. The van der Waals surface area contributed by atoms with Crippen molar-refractivity contribution in [2.75, 3.05) is 59.5 Å². The molecular weight excluding hydrogens is 384 g/mol. The second-order valence-electron chi connectivity index (χ2n) is 9.39. The molecule has 0 bridgehead atoms. The maximum atomic E-state index is 10.3. The predicted molar refractivity (Wildman–Crippen MR) is 119 cm³/mol. The van der Waals surface area contributed by atoms with Gasteiger partial charge in [-0.3, -0.25) is 0 Å². The number of rotatable bonds is 16. The van der Waals surface area contributed by atoms with Crippen LogP contribution in [0.3, 0.4) is 0 Å². The summed E-state index contributed by atoms with van der Waals surface area (Å²) in [7, 11) is 0. The Labute approximate surface area is 182 Å². The van der Waals surface area contributed by atoms with Crippen molar-refractivity contribution >= 4 is 0 Å². The number of aliphatic hydroxyl groups is 2. The van der Waals surface area contributed by atoms with Crippen LogP contribution in [-0.4, -0.2) is 69.7 Å². The topological polar surface area (TPSA) is 77.4 Å². The normalized spacial score (nSPS) is 13.6. The lowest BCUT2D eigenvalue weighted by molar-refractivity contribution is -0.0188. The summed E-state index contributed by atoms with van der Waals surface area (Å²) in [6.07, 6.45) is 0.445. The van der Waals surface area contributed by atoms with Crippen LogP contribution in [0.2, 0.25) is 0 Å². The number of hydrogen-bond donors (Lipinski definition) is 2. The molecule has 0 aliphatic carbocycles. The van der Waals surface area contributed by atoms with Gasteiger partial charge < -0.3 is 29.2 Å². The summed E-state index contributed by atoms with van der Waals surface area (Å²) in [5, 5.41) is 18.9. The van der Waals surface area contributed by atoms with E-state index in [0.717, 1.165) is 12.0 Å². The fourth-order valence-corrected chi connectivity index (χ4v) is 3.60. The summed E-state index contributed by atoms with van der Waals surface area (Å²) < 4.78 is 21.4. The zero-order valence-corrected chi connectivity index (χ0v) is 19.5. The van der Waals surface area contributed by atoms with E-state index in [9.17, 15) is 5.11 Å². The highest BCUT2D eigenvalue weighted by Gasteiger charge is 2.27. The summed E-state index contributed by atoms with van der Waals surface area (Å²) in [4.78, 5) is 0. The van der Waals surface area contributed by atoms with E-state index in [0.29, 0.717) is 46.2 Å². The fraction of sp³-hybridized carbons (Fsp3) is 0.750. The monoisotopic (exact) mass is 426 g/mol. The molecule has 0 fully saturated rings. The van der Waals surface area contributed by atoms with Crippen LogP contribution in [0, 0.1) is 5.41 Å². The molecule has 1 aromatic carbocycles. The zero-order chi connectivity index (χ0) is 22.5. The molecule has 1 unspecified atom stereocenters. The minimum absolute atomic E-state index is 0.0265. The molecule has 6 nitrogen and oxygen atoms in total. The van der Waals surface area contributed by atoms with Gasteiger partial charge in [-0.15, -0.1) is 0 Å². The average molecular weight is 427 g/mol. The Bertz CT molecular complexity index is 550. The molecule has 0 aliphatic heterocycles. The molecule has 0 aliphatic rings. The summed E-state index contributed by atoms with van der Waals surface area (Å²) in [5.41, 5.74) is 2.50. The number of ether oxygens (including phenoxy) is 4. The summed E-state index contributed by atoms with van der Waals surface area (Å²) >= 11 is 0. The van der Waals surface area contributed by atoms with Gasteiger partial charge in [-0.25, -0.2) is 0 Å². The first-order chi connectivity index (χ1) is 14.2. The second kappa shape index (κ2) is 14.1. The van der Waals surface area contributed by atoms with Crippen molar-refractivity contribution in [3.8, 4) is 0 Å². The van der Waals surface area contributed by atoms with Gasteiger partial charge in [-0.2, -0.15) is 0 Å². The van der Waals surface area contributed by atoms with Crippen LogP contribution >= 0.6 is 0 Å². The largest absolute Gasteiger partial charge is 0.394 e. The van der Waals surface area contributed by atoms with E-state index < -0.39 is 6.10 Å². The van der Waals surface area contributed by atoms with E-state index in [2.05, 4.69) is 46.8 Å². The SMILES string of the molecule is CC(C)(C)CC(C)(C)c1ccc(C(O)COCCOCCOCCOCCO)cc1. The number of benzene rings is 1. The Balaban J connectivity index is 2.18. The Morgan fingerprint density at radius 1 is 0.733 bits per heavy atom. The van der Waals surface area contributed by atoms with Gasteiger partial charge in [0.2, 0.25) is 0 Å². The predicted octanol–water partition coefficient (Wildman–Crippen LogP) is 3.49. The van der Waals surface area contributed by atoms with E-state index in [-0.39, 0.29) is 24.0 Å². The highest BCUT2D eigenvalue weighted by atomic mass is 16.6. The Morgan fingerprint density at radius 2 is 1.20 bits per heavy atom. The Morgan fingerprint density at radius 3 is 1.67 bits per heavy atom. The third-order valence-electron chi connectivity index (χ3n) is 4.68. The quantitative estimate of drug-likeness (QED) is 0.394. The average Bonchev–Trinajstić information content (AvgIpc) is 2.67. The van der Waals surface area contributed by atoms with Crippen LogP contribution in [0.4, 0.5) is 0 Å². The van der Waals surface area contributed by atoms with E-state index in [4.69, 9.17) is 24.1 Å². The summed E-state index contributed by atoms with van der Waals surface area (Å²) in [5.74, 6) is 0. The highest BCUT2D eigenvalue weighted by Crippen LogP contribution is 2.36. The van der Waals surface area contributed by atoms with Crippen molar-refractivity contribution in [2.24, 2.45) is 5.41 Å². The maximum absolute atomic E-state index is 10.3. The van der Waals surface area contributed by atoms with Crippen LogP contribution in [0.5, 0.6) is 0 Å². The van der Waals surface area contributed by atoms with E-state index in [1.54, 1.807) is 0 Å². The Kier molecular flexibility index (Phi) is 12.7. The molecule has 0 aromatic heterocycles. The standard InChI is InChI=1S/C24H42O6/c1-23(2,3)19-24(4,5)21-8-6-20(7-9-21)22(26)18-30-17-16-29-15-14-28-13-12-27-11-10-25/h6-9,22,25-26H,10-19H2,1-5H3. The van der Waals surface area contributed by atoms with Crippen LogP contribution in [0.15, 0.2) is 24.3 Å². The molecule has 0 amide bonds. The molecule has 6 heteroatoms. The highest BCUT2D eigenvalue weighted by molar-refractivity contribution is 5.29. The molecule has 1 aromatic rings. The van der Waals surface area contributed by atoms with E-state index >= 15 is 0 Å². The van der Waals surface area contributed by atoms with Crippen molar-refractivity contribution in [3.05, 3.63) is 35.4 Å². The second-order valence-corrected chi connectivity index (χ2v) is 9.39. The van der Waals surface area contributed by atoms with E-state index in [1.807, 2.05) is 12.1 Å². The molecule has 2 N–H and O–H groups in total. The maximum Gasteiger partial charge on any atom is 0.102 e. The minimum atomic E-state index is -0.646. The lowest BCUT2D eigenvalue weighted by Gasteiger charge is -2.33. The number of hydrogen-bond acceptors (Lipinski definition) is 6. The van der Waals surface area contributed by atoms with Gasteiger partial charge in [0.1, 0.15) is 6.10 Å². The third-order valence-corrected chi connectivity index (χ3v) is 4.68. The van der Waals surface area contributed by atoms with E-state index in [1.165, 1.54) is 5.56 Å². The first-order valence-electron chi connectivity index (χ1n) is 10.9. The van der Waals surface area contributed by atoms with Gasteiger partial charge in [0.25, 0.3) is 0 Å². The van der Waals surface area contributed by atoms with Gasteiger partial charge in [0.15, 0.2) is 0 Å². The Hall–Kier alpha value is -1.02. The smallest absolute Gasteiger partial charge is 0.102 e. The molecule has 174 valence electrons. The lowest BCUT2D eigenvalue weighted by Crippen LogP contribution is -2.24. The molecule has 0 spiro atoms. The molecule has 0 radical (unpaired) electrons. The minimum Gasteiger partial charge on any atom is -0.394 e. The van der Waals surface area contributed by atoms with Crippen molar-refractivity contribution < 1.29 is 29.2 Å². The van der Waals surface area contributed by atoms with Crippen LogP contribution in [0.1, 0.15) is 58.3 Å². The van der Waals surface area contributed by atoms with Crippen molar-refractivity contribution in [1.29, 1.82) is 0 Å². The fourth-order valence-electron chi connectivity index (χ4n) is 3.60. The lowest BCUT2D eigenvalue weighted by atomic mass is 9.72. The van der Waals surface area contributed by atoms with Gasteiger partial charge in [-0.05, 0) is 28.4 Å². The molecule has 0 saturated heterocycles. The molecular formula is C24H42O6. The van der Waals surface area contributed by atoms with Gasteiger partial charge >= 0.3 is 0 Å².